The quantitative estimate of drug-likeness (QED) is 0.279. The van der Waals surface area contributed by atoms with E-state index in [-0.39, 0.29) is 0 Å². The van der Waals surface area contributed by atoms with E-state index in [2.05, 4.69) is 15.5 Å². The number of rotatable bonds is 13. The zero-order valence-corrected chi connectivity index (χ0v) is 19.1. The van der Waals surface area contributed by atoms with Gasteiger partial charge in [0.15, 0.2) is 5.96 Å². The normalized spacial score (nSPS) is 15.0. The van der Waals surface area contributed by atoms with Crippen LogP contribution in [-0.4, -0.2) is 77.1 Å². The molecule has 2 N–H and O–H groups in total. The summed E-state index contributed by atoms with van der Waals surface area (Å²) in [6, 6.07) is 11.8. The minimum atomic E-state index is 0.573. The van der Waals surface area contributed by atoms with Crippen molar-refractivity contribution in [2.75, 3.05) is 66.2 Å². The molecule has 0 saturated carbocycles. The first-order valence-electron chi connectivity index (χ1n) is 11.4. The maximum absolute atomic E-state index is 5.79. The predicted octanol–water partition coefficient (Wildman–Crippen LogP) is 2.31. The van der Waals surface area contributed by atoms with Gasteiger partial charge in [-0.3, -0.25) is 9.89 Å². The Bertz CT molecular complexity index is 759. The van der Waals surface area contributed by atoms with Gasteiger partial charge < -0.3 is 29.3 Å². The fourth-order valence-corrected chi connectivity index (χ4v) is 3.40. The number of morpholine rings is 1. The monoisotopic (exact) mass is 444 g/mol. The van der Waals surface area contributed by atoms with E-state index in [9.17, 15) is 0 Å². The standard InChI is InChI=1S/C24H36N4O4/c1-29-22-7-5-21(6-8-22)20-31-17-12-27-24(26-11-9-23-4-2-16-32-23)25-10-3-13-28-14-18-30-19-15-28/h2,4-8,16H,3,9-15,17-20H2,1H3,(H2,25,26,27). The van der Waals surface area contributed by atoms with Crippen molar-refractivity contribution in [2.24, 2.45) is 4.99 Å². The maximum Gasteiger partial charge on any atom is 0.191 e. The Kier molecular flexibility index (Phi) is 10.9. The van der Waals surface area contributed by atoms with Gasteiger partial charge >= 0.3 is 0 Å². The molecule has 1 saturated heterocycles. The van der Waals surface area contributed by atoms with Crippen LogP contribution in [0.4, 0.5) is 0 Å². The molecule has 1 aliphatic rings. The summed E-state index contributed by atoms with van der Waals surface area (Å²) in [6.07, 6.45) is 3.54. The Hall–Kier alpha value is -2.55. The molecular formula is C24H36N4O4. The van der Waals surface area contributed by atoms with Crippen LogP contribution >= 0.6 is 0 Å². The van der Waals surface area contributed by atoms with Crippen LogP contribution in [0.3, 0.4) is 0 Å². The molecule has 176 valence electrons. The fourth-order valence-electron chi connectivity index (χ4n) is 3.40. The SMILES string of the molecule is COc1ccc(COCCNC(=NCCCN2CCOCC2)NCCc2ccco2)cc1. The molecule has 0 aliphatic carbocycles. The molecule has 0 atom stereocenters. The summed E-state index contributed by atoms with van der Waals surface area (Å²) in [4.78, 5) is 7.17. The second-order valence-electron chi connectivity index (χ2n) is 7.62. The number of ether oxygens (including phenoxy) is 3. The minimum absolute atomic E-state index is 0.573. The first-order valence-corrected chi connectivity index (χ1v) is 11.4. The highest BCUT2D eigenvalue weighted by Crippen LogP contribution is 2.11. The lowest BCUT2D eigenvalue weighted by atomic mass is 10.2. The maximum atomic E-state index is 5.79. The van der Waals surface area contributed by atoms with Gasteiger partial charge in [-0.1, -0.05) is 12.1 Å². The minimum Gasteiger partial charge on any atom is -0.497 e. The second-order valence-corrected chi connectivity index (χ2v) is 7.62. The summed E-state index contributed by atoms with van der Waals surface area (Å²) in [5.74, 6) is 2.63. The predicted molar refractivity (Wildman–Crippen MR) is 125 cm³/mol. The Morgan fingerprint density at radius 2 is 1.91 bits per heavy atom. The molecule has 0 amide bonds. The summed E-state index contributed by atoms with van der Waals surface area (Å²) >= 11 is 0. The molecule has 2 aromatic rings. The van der Waals surface area contributed by atoms with Crippen molar-refractivity contribution < 1.29 is 18.6 Å². The third-order valence-electron chi connectivity index (χ3n) is 5.22. The molecule has 1 aliphatic heterocycles. The summed E-state index contributed by atoms with van der Waals surface area (Å²) in [6.45, 7) is 8.15. The Labute approximate surface area is 190 Å². The summed E-state index contributed by atoms with van der Waals surface area (Å²) in [7, 11) is 1.67. The Balaban J connectivity index is 1.36. The largest absolute Gasteiger partial charge is 0.497 e. The van der Waals surface area contributed by atoms with E-state index in [0.717, 1.165) is 81.8 Å². The van der Waals surface area contributed by atoms with Crippen molar-refractivity contribution in [2.45, 2.75) is 19.4 Å². The van der Waals surface area contributed by atoms with Crippen molar-refractivity contribution in [1.82, 2.24) is 15.5 Å². The molecule has 0 unspecified atom stereocenters. The Morgan fingerprint density at radius 1 is 1.09 bits per heavy atom. The smallest absolute Gasteiger partial charge is 0.191 e. The van der Waals surface area contributed by atoms with Crippen molar-refractivity contribution in [3.8, 4) is 5.75 Å². The van der Waals surface area contributed by atoms with Crippen molar-refractivity contribution >= 4 is 5.96 Å². The van der Waals surface area contributed by atoms with Crippen LogP contribution in [-0.2, 0) is 22.5 Å². The molecule has 0 spiro atoms. The summed E-state index contributed by atoms with van der Waals surface area (Å²) in [5, 5.41) is 6.77. The number of guanidine groups is 1. The summed E-state index contributed by atoms with van der Waals surface area (Å²) in [5.41, 5.74) is 1.12. The molecule has 32 heavy (non-hydrogen) atoms. The second kappa shape index (κ2) is 14.5. The molecule has 1 aromatic heterocycles. The van der Waals surface area contributed by atoms with Crippen LogP contribution < -0.4 is 15.4 Å². The van der Waals surface area contributed by atoms with Gasteiger partial charge in [-0.25, -0.2) is 0 Å². The van der Waals surface area contributed by atoms with Crippen LogP contribution in [0, 0.1) is 0 Å². The van der Waals surface area contributed by atoms with E-state index >= 15 is 0 Å². The van der Waals surface area contributed by atoms with E-state index in [1.165, 1.54) is 0 Å². The third kappa shape index (κ3) is 9.30. The number of hydrogen-bond acceptors (Lipinski definition) is 6. The molecule has 1 aromatic carbocycles. The zero-order valence-electron chi connectivity index (χ0n) is 19.1. The van der Waals surface area contributed by atoms with Gasteiger partial charge in [0.25, 0.3) is 0 Å². The highest BCUT2D eigenvalue weighted by atomic mass is 16.5. The fraction of sp³-hybridized carbons (Fsp3) is 0.542. The van der Waals surface area contributed by atoms with E-state index in [1.807, 2.05) is 36.4 Å². The number of nitrogens with zero attached hydrogens (tertiary/aromatic N) is 2. The molecular weight excluding hydrogens is 408 g/mol. The first-order chi connectivity index (χ1) is 15.8. The molecule has 0 bridgehead atoms. The van der Waals surface area contributed by atoms with Gasteiger partial charge in [0.2, 0.25) is 0 Å². The van der Waals surface area contributed by atoms with E-state index in [0.29, 0.717) is 19.8 Å². The molecule has 8 nitrogen and oxygen atoms in total. The van der Waals surface area contributed by atoms with Crippen LogP contribution in [0.2, 0.25) is 0 Å². The Morgan fingerprint density at radius 3 is 2.66 bits per heavy atom. The van der Waals surface area contributed by atoms with Gasteiger partial charge in [-0.05, 0) is 36.2 Å². The van der Waals surface area contributed by atoms with Gasteiger partial charge in [0.1, 0.15) is 11.5 Å². The number of nitrogens with one attached hydrogen (secondary N) is 2. The number of benzene rings is 1. The van der Waals surface area contributed by atoms with E-state index in [1.54, 1.807) is 13.4 Å². The number of hydrogen-bond donors (Lipinski definition) is 2. The molecule has 2 heterocycles. The topological polar surface area (TPSA) is 80.5 Å². The lowest BCUT2D eigenvalue weighted by Crippen LogP contribution is -2.40. The van der Waals surface area contributed by atoms with Gasteiger partial charge in [-0.15, -0.1) is 0 Å². The van der Waals surface area contributed by atoms with Crippen LogP contribution in [0.1, 0.15) is 17.7 Å². The molecule has 8 heteroatoms. The van der Waals surface area contributed by atoms with Gasteiger partial charge in [-0.2, -0.15) is 0 Å². The van der Waals surface area contributed by atoms with Crippen molar-refractivity contribution in [3.05, 3.63) is 54.0 Å². The van der Waals surface area contributed by atoms with E-state index in [4.69, 9.17) is 23.6 Å². The van der Waals surface area contributed by atoms with Gasteiger partial charge in [0.05, 0.1) is 39.8 Å². The van der Waals surface area contributed by atoms with Crippen LogP contribution in [0.15, 0.2) is 52.1 Å². The molecule has 0 radical (unpaired) electrons. The van der Waals surface area contributed by atoms with Crippen molar-refractivity contribution in [3.63, 3.8) is 0 Å². The van der Waals surface area contributed by atoms with Crippen LogP contribution in [0.25, 0.3) is 0 Å². The average Bonchev–Trinajstić information content (AvgIpc) is 3.36. The zero-order chi connectivity index (χ0) is 22.3. The van der Waals surface area contributed by atoms with Crippen molar-refractivity contribution in [1.29, 1.82) is 0 Å². The molecule has 3 rings (SSSR count). The average molecular weight is 445 g/mol. The van der Waals surface area contributed by atoms with Gasteiger partial charge in [0, 0.05) is 45.7 Å². The number of furan rings is 1. The lowest BCUT2D eigenvalue weighted by Gasteiger charge is -2.26. The summed E-state index contributed by atoms with van der Waals surface area (Å²) < 4.78 is 21.8. The van der Waals surface area contributed by atoms with Crippen LogP contribution in [0.5, 0.6) is 5.75 Å². The highest BCUT2D eigenvalue weighted by Gasteiger charge is 2.09. The number of methoxy groups -OCH3 is 1. The third-order valence-corrected chi connectivity index (χ3v) is 5.22. The first kappa shape index (κ1) is 24.1. The number of aliphatic imine (C=N–C) groups is 1. The lowest BCUT2D eigenvalue weighted by molar-refractivity contribution is 0.0377. The molecule has 1 fully saturated rings. The van der Waals surface area contributed by atoms with E-state index < -0.39 is 0 Å². The highest BCUT2D eigenvalue weighted by molar-refractivity contribution is 5.79.